The van der Waals surface area contributed by atoms with Crippen molar-refractivity contribution in [3.8, 4) is 5.75 Å². The van der Waals surface area contributed by atoms with E-state index >= 15 is 0 Å². The van der Waals surface area contributed by atoms with Crippen LogP contribution >= 0.6 is 0 Å². The summed E-state index contributed by atoms with van der Waals surface area (Å²) >= 11 is 0. The predicted octanol–water partition coefficient (Wildman–Crippen LogP) is 3.61. The minimum atomic E-state index is -0.103. The summed E-state index contributed by atoms with van der Waals surface area (Å²) in [5, 5.41) is 0. The first-order valence-corrected chi connectivity index (χ1v) is 7.17. The van der Waals surface area contributed by atoms with Gasteiger partial charge in [-0.1, -0.05) is 36.4 Å². The Labute approximate surface area is 126 Å². The van der Waals surface area contributed by atoms with Gasteiger partial charge in [-0.25, -0.2) is 0 Å². The fourth-order valence-electron chi connectivity index (χ4n) is 2.34. The molecule has 0 aliphatic heterocycles. The maximum absolute atomic E-state index is 6.10. The summed E-state index contributed by atoms with van der Waals surface area (Å²) in [6, 6.07) is 16.0. The average Bonchev–Trinajstić information content (AvgIpc) is 2.49. The molecule has 0 bridgehead atoms. The Kier molecular flexibility index (Phi) is 5.37. The van der Waals surface area contributed by atoms with Crippen molar-refractivity contribution >= 4 is 0 Å². The van der Waals surface area contributed by atoms with E-state index in [1.165, 1.54) is 5.56 Å². The zero-order valence-electron chi connectivity index (χ0n) is 12.9. The molecule has 0 spiro atoms. The summed E-state index contributed by atoms with van der Waals surface area (Å²) < 4.78 is 11.2. The first-order valence-electron chi connectivity index (χ1n) is 7.17. The van der Waals surface area contributed by atoms with Crippen molar-refractivity contribution in [3.63, 3.8) is 0 Å². The van der Waals surface area contributed by atoms with Crippen molar-refractivity contribution in [3.05, 3.63) is 65.2 Å². The highest BCUT2D eigenvalue weighted by molar-refractivity contribution is 5.29. The van der Waals surface area contributed by atoms with Crippen LogP contribution in [-0.2, 0) is 11.3 Å². The normalized spacial score (nSPS) is 13.7. The number of benzene rings is 2. The number of hydrogen-bond donors (Lipinski definition) is 1. The van der Waals surface area contributed by atoms with E-state index in [1.54, 1.807) is 7.11 Å². The standard InChI is InChI=1S/C18H23NO2/c1-13-6-4-5-7-17(13)18(14(2)19)21-12-15-8-10-16(20-3)11-9-15/h4-11,14,18H,12,19H2,1-3H3. The Morgan fingerprint density at radius 3 is 2.29 bits per heavy atom. The molecule has 2 atom stereocenters. The molecule has 21 heavy (non-hydrogen) atoms. The van der Waals surface area contributed by atoms with Gasteiger partial charge in [0, 0.05) is 6.04 Å². The zero-order chi connectivity index (χ0) is 15.2. The van der Waals surface area contributed by atoms with Crippen LogP contribution in [0.25, 0.3) is 0 Å². The van der Waals surface area contributed by atoms with E-state index in [0.717, 1.165) is 16.9 Å². The Balaban J connectivity index is 2.08. The molecule has 3 nitrogen and oxygen atoms in total. The van der Waals surface area contributed by atoms with E-state index in [2.05, 4.69) is 19.1 Å². The molecule has 0 saturated carbocycles. The molecule has 0 saturated heterocycles. The van der Waals surface area contributed by atoms with Crippen LogP contribution in [0.4, 0.5) is 0 Å². The zero-order valence-corrected chi connectivity index (χ0v) is 12.9. The Morgan fingerprint density at radius 1 is 1.05 bits per heavy atom. The SMILES string of the molecule is COc1ccc(COC(c2ccccc2C)C(C)N)cc1. The summed E-state index contributed by atoms with van der Waals surface area (Å²) in [5.41, 5.74) is 9.57. The first kappa shape index (κ1) is 15.5. The van der Waals surface area contributed by atoms with Gasteiger partial charge < -0.3 is 15.2 Å². The van der Waals surface area contributed by atoms with Gasteiger partial charge in [-0.3, -0.25) is 0 Å². The third-order valence-electron chi connectivity index (χ3n) is 3.56. The Bertz CT molecular complexity index is 564. The number of nitrogens with two attached hydrogens (primary N) is 1. The van der Waals surface area contributed by atoms with Gasteiger partial charge >= 0.3 is 0 Å². The molecule has 0 aliphatic rings. The topological polar surface area (TPSA) is 44.5 Å². The van der Waals surface area contributed by atoms with Gasteiger partial charge in [0.25, 0.3) is 0 Å². The largest absolute Gasteiger partial charge is 0.497 e. The lowest BCUT2D eigenvalue weighted by molar-refractivity contribution is 0.0255. The summed E-state index contributed by atoms with van der Waals surface area (Å²) in [5.74, 6) is 0.849. The second-order valence-electron chi connectivity index (χ2n) is 5.30. The average molecular weight is 285 g/mol. The van der Waals surface area contributed by atoms with Gasteiger partial charge in [-0.15, -0.1) is 0 Å². The Hall–Kier alpha value is -1.84. The molecule has 2 rings (SSSR count). The quantitative estimate of drug-likeness (QED) is 0.881. The molecule has 0 aliphatic carbocycles. The molecular formula is C18H23NO2. The highest BCUT2D eigenvalue weighted by Gasteiger charge is 2.18. The second kappa shape index (κ2) is 7.25. The summed E-state index contributed by atoms with van der Waals surface area (Å²) in [4.78, 5) is 0. The number of methoxy groups -OCH3 is 1. The molecule has 2 unspecified atom stereocenters. The van der Waals surface area contributed by atoms with E-state index < -0.39 is 0 Å². The van der Waals surface area contributed by atoms with Crippen LogP contribution in [0.1, 0.15) is 29.7 Å². The predicted molar refractivity (Wildman–Crippen MR) is 85.4 cm³/mol. The lowest BCUT2D eigenvalue weighted by atomic mass is 9.99. The first-order chi connectivity index (χ1) is 10.1. The minimum Gasteiger partial charge on any atom is -0.497 e. The summed E-state index contributed by atoms with van der Waals surface area (Å²) in [6.45, 7) is 4.59. The van der Waals surface area contributed by atoms with E-state index in [0.29, 0.717) is 6.61 Å². The fraction of sp³-hybridized carbons (Fsp3) is 0.333. The molecule has 0 radical (unpaired) electrons. The van der Waals surface area contributed by atoms with E-state index in [4.69, 9.17) is 15.2 Å². The van der Waals surface area contributed by atoms with Crippen molar-refractivity contribution in [2.75, 3.05) is 7.11 Å². The fourth-order valence-corrected chi connectivity index (χ4v) is 2.34. The van der Waals surface area contributed by atoms with E-state index in [9.17, 15) is 0 Å². The maximum Gasteiger partial charge on any atom is 0.118 e. The van der Waals surface area contributed by atoms with Gasteiger partial charge in [-0.2, -0.15) is 0 Å². The molecule has 3 heteroatoms. The van der Waals surface area contributed by atoms with Gasteiger partial charge in [-0.05, 0) is 42.7 Å². The molecule has 2 aromatic rings. The Morgan fingerprint density at radius 2 is 1.71 bits per heavy atom. The summed E-state index contributed by atoms with van der Waals surface area (Å²) in [6.07, 6.45) is -0.103. The van der Waals surface area contributed by atoms with E-state index in [-0.39, 0.29) is 12.1 Å². The lowest BCUT2D eigenvalue weighted by Gasteiger charge is -2.23. The highest BCUT2D eigenvalue weighted by atomic mass is 16.5. The van der Waals surface area contributed by atoms with Crippen LogP contribution in [0.15, 0.2) is 48.5 Å². The van der Waals surface area contributed by atoms with Crippen molar-refractivity contribution in [2.45, 2.75) is 32.6 Å². The van der Waals surface area contributed by atoms with Gasteiger partial charge in [0.05, 0.1) is 19.8 Å². The van der Waals surface area contributed by atoms with Gasteiger partial charge in [0.15, 0.2) is 0 Å². The third kappa shape index (κ3) is 4.06. The molecular weight excluding hydrogens is 262 g/mol. The van der Waals surface area contributed by atoms with Crippen LogP contribution in [0, 0.1) is 6.92 Å². The van der Waals surface area contributed by atoms with Crippen LogP contribution in [0.3, 0.4) is 0 Å². The number of aryl methyl sites for hydroxylation is 1. The maximum atomic E-state index is 6.10. The molecule has 0 amide bonds. The second-order valence-corrected chi connectivity index (χ2v) is 5.30. The molecule has 2 N–H and O–H groups in total. The smallest absolute Gasteiger partial charge is 0.118 e. The van der Waals surface area contributed by atoms with Gasteiger partial charge in [0.1, 0.15) is 5.75 Å². The monoisotopic (exact) mass is 285 g/mol. The van der Waals surface area contributed by atoms with Crippen LogP contribution < -0.4 is 10.5 Å². The highest BCUT2D eigenvalue weighted by Crippen LogP contribution is 2.25. The molecule has 0 aromatic heterocycles. The molecule has 2 aromatic carbocycles. The third-order valence-corrected chi connectivity index (χ3v) is 3.56. The van der Waals surface area contributed by atoms with Crippen molar-refractivity contribution in [1.29, 1.82) is 0 Å². The van der Waals surface area contributed by atoms with Crippen LogP contribution in [0.5, 0.6) is 5.75 Å². The minimum absolute atomic E-state index is 0.0654. The molecule has 0 fully saturated rings. The number of hydrogen-bond acceptors (Lipinski definition) is 3. The molecule has 0 heterocycles. The van der Waals surface area contributed by atoms with Gasteiger partial charge in [0.2, 0.25) is 0 Å². The van der Waals surface area contributed by atoms with Crippen LogP contribution in [-0.4, -0.2) is 13.2 Å². The van der Waals surface area contributed by atoms with Crippen LogP contribution in [0.2, 0.25) is 0 Å². The summed E-state index contributed by atoms with van der Waals surface area (Å²) in [7, 11) is 1.66. The van der Waals surface area contributed by atoms with Crippen molar-refractivity contribution < 1.29 is 9.47 Å². The lowest BCUT2D eigenvalue weighted by Crippen LogP contribution is -2.27. The number of ether oxygens (including phenoxy) is 2. The molecule has 112 valence electrons. The number of rotatable bonds is 6. The van der Waals surface area contributed by atoms with E-state index in [1.807, 2.05) is 43.3 Å². The van der Waals surface area contributed by atoms with Crippen molar-refractivity contribution in [2.24, 2.45) is 5.73 Å². The van der Waals surface area contributed by atoms with Crippen molar-refractivity contribution in [1.82, 2.24) is 0 Å².